The first-order valence-corrected chi connectivity index (χ1v) is 9.66. The molecule has 0 radical (unpaired) electrons. The Bertz CT molecular complexity index is 756. The Hall–Kier alpha value is -1.65. The fourth-order valence-electron chi connectivity index (χ4n) is 2.90. The Morgan fingerprint density at radius 1 is 1.04 bits per heavy atom. The van der Waals surface area contributed by atoms with Crippen molar-refractivity contribution < 1.29 is 4.79 Å². The molecule has 0 amide bonds. The van der Waals surface area contributed by atoms with E-state index in [9.17, 15) is 4.79 Å². The Balaban J connectivity index is 1.87. The molecule has 1 aliphatic rings. The van der Waals surface area contributed by atoms with Crippen LogP contribution in [0.15, 0.2) is 58.0 Å². The van der Waals surface area contributed by atoms with Gasteiger partial charge in [0, 0.05) is 33.7 Å². The topological polar surface area (TPSA) is 32.7 Å². The maximum atomic E-state index is 12.8. The lowest BCUT2D eigenvalue weighted by molar-refractivity contribution is 0.100. The number of anilines is 1. The maximum absolute atomic E-state index is 12.8. The number of Topliss-reactive ketones (excluding diaryl/α,β-unsaturated/α-hetero) is 1. The quantitative estimate of drug-likeness (QED) is 0.590. The lowest BCUT2D eigenvalue weighted by Gasteiger charge is -2.25. The lowest BCUT2D eigenvalue weighted by atomic mass is 10.1. The Kier molecular flexibility index (Phi) is 6.27. The molecule has 130 valence electrons. The van der Waals surface area contributed by atoms with Crippen LogP contribution in [0, 0.1) is 0 Å². The zero-order valence-corrected chi connectivity index (χ0v) is 16.3. The van der Waals surface area contributed by atoms with Gasteiger partial charge in [0.25, 0.3) is 0 Å². The number of nitrogens with zero attached hydrogens (tertiary/aromatic N) is 2. The summed E-state index contributed by atoms with van der Waals surface area (Å²) in [6.07, 6.45) is 4.32. The van der Waals surface area contributed by atoms with Gasteiger partial charge in [-0.3, -0.25) is 9.79 Å². The van der Waals surface area contributed by atoms with Crippen molar-refractivity contribution in [3.8, 4) is 0 Å². The fraction of sp³-hybridized carbons (Fsp3) is 0.300. The van der Waals surface area contributed by atoms with Crippen LogP contribution in [0.25, 0.3) is 0 Å². The number of ketones is 1. The zero-order valence-electron chi connectivity index (χ0n) is 13.9. The molecule has 0 N–H and O–H groups in total. The molecule has 0 aromatic heterocycles. The second kappa shape index (κ2) is 8.63. The highest BCUT2D eigenvalue weighted by Crippen LogP contribution is 2.22. The summed E-state index contributed by atoms with van der Waals surface area (Å²) in [6.45, 7) is 1.11. The normalized spacial score (nSPS) is 14.6. The molecule has 0 aliphatic carbocycles. The van der Waals surface area contributed by atoms with E-state index in [1.54, 1.807) is 24.3 Å². The molecule has 3 rings (SSSR count). The van der Waals surface area contributed by atoms with Gasteiger partial charge in [-0.1, -0.05) is 34.0 Å². The van der Waals surface area contributed by atoms with Crippen LogP contribution >= 0.6 is 27.5 Å². The first-order valence-electron chi connectivity index (χ1n) is 8.49. The van der Waals surface area contributed by atoms with Crippen molar-refractivity contribution in [3.63, 3.8) is 0 Å². The molecule has 0 atom stereocenters. The SMILES string of the molecule is O=C(CN(C1=NCCCCC1)c1ccc(Br)cc1)c1ccc(Cl)cc1. The summed E-state index contributed by atoms with van der Waals surface area (Å²) in [5.41, 5.74) is 1.66. The van der Waals surface area contributed by atoms with E-state index >= 15 is 0 Å². The van der Waals surface area contributed by atoms with Crippen LogP contribution in [-0.2, 0) is 0 Å². The van der Waals surface area contributed by atoms with E-state index in [0.29, 0.717) is 10.6 Å². The van der Waals surface area contributed by atoms with Gasteiger partial charge < -0.3 is 4.90 Å². The van der Waals surface area contributed by atoms with Crippen LogP contribution in [-0.4, -0.2) is 24.7 Å². The first kappa shape index (κ1) is 18.2. The van der Waals surface area contributed by atoms with Crippen LogP contribution in [0.3, 0.4) is 0 Å². The average Bonchev–Trinajstić information content (AvgIpc) is 2.90. The molecule has 1 heterocycles. The molecule has 0 saturated heterocycles. The van der Waals surface area contributed by atoms with Crippen molar-refractivity contribution in [1.82, 2.24) is 0 Å². The third-order valence-corrected chi connectivity index (χ3v) is 5.05. The predicted molar refractivity (Wildman–Crippen MR) is 108 cm³/mol. The van der Waals surface area contributed by atoms with E-state index in [0.717, 1.165) is 41.8 Å². The number of benzene rings is 2. The number of halogens is 2. The van der Waals surface area contributed by atoms with Crippen molar-refractivity contribution in [3.05, 3.63) is 63.6 Å². The highest BCUT2D eigenvalue weighted by atomic mass is 79.9. The second-order valence-corrected chi connectivity index (χ2v) is 7.45. The Morgan fingerprint density at radius 2 is 1.76 bits per heavy atom. The molecule has 1 aliphatic heterocycles. The van der Waals surface area contributed by atoms with Gasteiger partial charge in [0.1, 0.15) is 5.84 Å². The van der Waals surface area contributed by atoms with Crippen molar-refractivity contribution in [1.29, 1.82) is 0 Å². The monoisotopic (exact) mass is 418 g/mol. The van der Waals surface area contributed by atoms with E-state index < -0.39 is 0 Å². The van der Waals surface area contributed by atoms with Gasteiger partial charge in [-0.2, -0.15) is 0 Å². The minimum absolute atomic E-state index is 0.0616. The number of hydrogen-bond acceptors (Lipinski definition) is 3. The molecule has 3 nitrogen and oxygen atoms in total. The molecule has 5 heteroatoms. The Morgan fingerprint density at radius 3 is 2.48 bits per heavy atom. The van der Waals surface area contributed by atoms with Gasteiger partial charge in [-0.25, -0.2) is 0 Å². The van der Waals surface area contributed by atoms with Crippen LogP contribution in [0.5, 0.6) is 0 Å². The van der Waals surface area contributed by atoms with Crippen molar-refractivity contribution in [2.24, 2.45) is 4.99 Å². The molecule has 2 aromatic rings. The number of carbonyl (C=O) groups is 1. The number of hydrogen-bond donors (Lipinski definition) is 0. The summed E-state index contributed by atoms with van der Waals surface area (Å²) in [6, 6.07) is 15.1. The number of amidine groups is 1. The summed E-state index contributed by atoms with van der Waals surface area (Å²) >= 11 is 9.40. The highest BCUT2D eigenvalue weighted by Gasteiger charge is 2.19. The van der Waals surface area contributed by atoms with Gasteiger partial charge in [0.15, 0.2) is 5.78 Å². The molecule has 2 aromatic carbocycles. The van der Waals surface area contributed by atoms with Crippen molar-refractivity contribution >= 4 is 44.8 Å². The minimum Gasteiger partial charge on any atom is -0.322 e. The number of aliphatic imine (C=N–C) groups is 1. The Labute approximate surface area is 161 Å². The van der Waals surface area contributed by atoms with Gasteiger partial charge in [0.05, 0.1) is 6.54 Å². The molecule has 0 spiro atoms. The van der Waals surface area contributed by atoms with Gasteiger partial charge in [-0.05, 0) is 61.4 Å². The largest absolute Gasteiger partial charge is 0.322 e. The van der Waals surface area contributed by atoms with E-state index in [4.69, 9.17) is 16.6 Å². The van der Waals surface area contributed by atoms with Crippen molar-refractivity contribution in [2.75, 3.05) is 18.0 Å². The standard InChI is InChI=1S/C20H20BrClN2O/c21-16-7-11-18(12-8-16)24(20-4-2-1-3-13-23-20)14-19(25)15-5-9-17(22)10-6-15/h5-12H,1-4,13-14H2. The summed E-state index contributed by atoms with van der Waals surface area (Å²) in [5.74, 6) is 1.06. The molecular formula is C20H20BrClN2O. The van der Waals surface area contributed by atoms with Crippen LogP contribution in [0.1, 0.15) is 36.0 Å². The number of rotatable bonds is 4. The van der Waals surface area contributed by atoms with Gasteiger partial charge in [0.2, 0.25) is 0 Å². The van der Waals surface area contributed by atoms with Gasteiger partial charge >= 0.3 is 0 Å². The van der Waals surface area contributed by atoms with Crippen LogP contribution in [0.4, 0.5) is 5.69 Å². The van der Waals surface area contributed by atoms with E-state index in [1.165, 1.54) is 6.42 Å². The fourth-order valence-corrected chi connectivity index (χ4v) is 3.29. The smallest absolute Gasteiger partial charge is 0.182 e. The summed E-state index contributed by atoms with van der Waals surface area (Å²) in [7, 11) is 0. The first-order chi connectivity index (χ1) is 12.1. The molecule has 0 unspecified atom stereocenters. The van der Waals surface area contributed by atoms with E-state index in [2.05, 4.69) is 20.8 Å². The maximum Gasteiger partial charge on any atom is 0.182 e. The predicted octanol–water partition coefficient (Wildman–Crippen LogP) is 5.76. The third-order valence-electron chi connectivity index (χ3n) is 4.27. The molecule has 25 heavy (non-hydrogen) atoms. The number of carbonyl (C=O) groups excluding carboxylic acids is 1. The zero-order chi connectivity index (χ0) is 17.6. The minimum atomic E-state index is 0.0616. The van der Waals surface area contributed by atoms with Crippen LogP contribution in [0.2, 0.25) is 5.02 Å². The van der Waals surface area contributed by atoms with Crippen LogP contribution < -0.4 is 4.90 Å². The molecule has 0 fully saturated rings. The summed E-state index contributed by atoms with van der Waals surface area (Å²) in [4.78, 5) is 19.6. The lowest BCUT2D eigenvalue weighted by Crippen LogP contribution is -2.35. The van der Waals surface area contributed by atoms with E-state index in [1.807, 2.05) is 24.3 Å². The average molecular weight is 420 g/mol. The second-order valence-electron chi connectivity index (χ2n) is 6.10. The summed E-state index contributed by atoms with van der Waals surface area (Å²) < 4.78 is 1.02. The van der Waals surface area contributed by atoms with E-state index in [-0.39, 0.29) is 12.3 Å². The van der Waals surface area contributed by atoms with Crippen molar-refractivity contribution in [2.45, 2.75) is 25.7 Å². The molecular weight excluding hydrogens is 400 g/mol. The summed E-state index contributed by atoms with van der Waals surface area (Å²) in [5, 5.41) is 0.634. The van der Waals surface area contributed by atoms with Gasteiger partial charge in [-0.15, -0.1) is 0 Å². The third kappa shape index (κ3) is 4.93. The highest BCUT2D eigenvalue weighted by molar-refractivity contribution is 9.10. The molecule has 0 saturated carbocycles. The molecule has 0 bridgehead atoms.